The van der Waals surface area contributed by atoms with Crippen LogP contribution < -0.4 is 0 Å². The van der Waals surface area contributed by atoms with Crippen molar-refractivity contribution >= 4 is 11.6 Å². The molecule has 0 aromatic heterocycles. The molecule has 0 aliphatic carbocycles. The fourth-order valence-corrected chi connectivity index (χ4v) is 1.51. The second-order valence-electron chi connectivity index (χ2n) is 3.16. The van der Waals surface area contributed by atoms with Gasteiger partial charge in [-0.1, -0.05) is 12.2 Å². The predicted molar refractivity (Wildman–Crippen MR) is 52.7 cm³/mol. The molecule has 1 fully saturated rings. The number of hydrogen-bond donors (Lipinski definition) is 0. The standard InChI is InChI=1S/C10H17ClO/c11-8-4-1-2-6-10-7-3-5-9-12-10/h2,6,10H,1,3-5,7-9H2/b6-2+. The molecule has 1 unspecified atom stereocenters. The summed E-state index contributed by atoms with van der Waals surface area (Å²) < 4.78 is 5.54. The Bertz CT molecular complexity index is 128. The minimum Gasteiger partial charge on any atom is -0.374 e. The lowest BCUT2D eigenvalue weighted by Gasteiger charge is -2.19. The van der Waals surface area contributed by atoms with Crippen LogP contribution in [0.1, 0.15) is 32.1 Å². The van der Waals surface area contributed by atoms with E-state index in [1.807, 2.05) is 0 Å². The quantitative estimate of drug-likeness (QED) is 0.374. The van der Waals surface area contributed by atoms with Crippen LogP contribution in [0.2, 0.25) is 0 Å². The first-order chi connectivity index (χ1) is 5.93. The lowest BCUT2D eigenvalue weighted by molar-refractivity contribution is 0.0464. The van der Waals surface area contributed by atoms with Crippen LogP contribution in [0.5, 0.6) is 0 Å². The van der Waals surface area contributed by atoms with E-state index in [1.54, 1.807) is 0 Å². The molecule has 0 aromatic carbocycles. The Labute approximate surface area is 79.7 Å². The zero-order valence-electron chi connectivity index (χ0n) is 7.47. The van der Waals surface area contributed by atoms with Crippen molar-refractivity contribution in [2.24, 2.45) is 0 Å². The molecule has 1 atom stereocenters. The van der Waals surface area contributed by atoms with Crippen LogP contribution in [0.15, 0.2) is 12.2 Å². The van der Waals surface area contributed by atoms with Crippen molar-refractivity contribution in [3.05, 3.63) is 12.2 Å². The molecule has 0 amide bonds. The second kappa shape index (κ2) is 6.50. The lowest BCUT2D eigenvalue weighted by Crippen LogP contribution is -2.16. The number of hydrogen-bond acceptors (Lipinski definition) is 1. The number of allylic oxidation sites excluding steroid dienone is 1. The minimum atomic E-state index is 0.383. The van der Waals surface area contributed by atoms with Crippen molar-refractivity contribution in [1.29, 1.82) is 0 Å². The molecular formula is C10H17ClO. The Balaban J connectivity index is 2.07. The summed E-state index contributed by atoms with van der Waals surface area (Å²) >= 11 is 5.56. The third-order valence-corrected chi connectivity index (χ3v) is 2.34. The van der Waals surface area contributed by atoms with Gasteiger partial charge in [0.05, 0.1) is 6.10 Å². The third kappa shape index (κ3) is 4.13. The summed E-state index contributed by atoms with van der Waals surface area (Å²) in [6.07, 6.45) is 10.7. The van der Waals surface area contributed by atoms with Crippen LogP contribution in [-0.4, -0.2) is 18.6 Å². The number of rotatable bonds is 4. The summed E-state index contributed by atoms with van der Waals surface area (Å²) in [7, 11) is 0. The predicted octanol–water partition coefficient (Wildman–Crippen LogP) is 3.13. The van der Waals surface area contributed by atoms with E-state index >= 15 is 0 Å². The molecule has 1 aliphatic rings. The van der Waals surface area contributed by atoms with E-state index in [4.69, 9.17) is 16.3 Å². The molecule has 1 aliphatic heterocycles. The fraction of sp³-hybridized carbons (Fsp3) is 0.800. The summed E-state index contributed by atoms with van der Waals surface area (Å²) in [6, 6.07) is 0. The van der Waals surface area contributed by atoms with Gasteiger partial charge in [-0.25, -0.2) is 0 Å². The van der Waals surface area contributed by atoms with Gasteiger partial charge in [0.1, 0.15) is 0 Å². The van der Waals surface area contributed by atoms with Crippen molar-refractivity contribution in [3.8, 4) is 0 Å². The van der Waals surface area contributed by atoms with Gasteiger partial charge in [0.25, 0.3) is 0 Å². The monoisotopic (exact) mass is 188 g/mol. The fourth-order valence-electron chi connectivity index (χ4n) is 1.36. The number of unbranched alkanes of at least 4 members (excludes halogenated alkanes) is 1. The highest BCUT2D eigenvalue weighted by atomic mass is 35.5. The van der Waals surface area contributed by atoms with E-state index in [2.05, 4.69) is 12.2 Å². The SMILES string of the molecule is ClCCC/C=C/C1CCCCO1. The average Bonchev–Trinajstić information content (AvgIpc) is 2.14. The molecule has 0 spiro atoms. The first-order valence-corrected chi connectivity index (χ1v) is 5.31. The van der Waals surface area contributed by atoms with E-state index < -0.39 is 0 Å². The zero-order valence-corrected chi connectivity index (χ0v) is 8.22. The highest BCUT2D eigenvalue weighted by Gasteiger charge is 2.09. The van der Waals surface area contributed by atoms with Crippen LogP contribution in [-0.2, 0) is 4.74 Å². The zero-order chi connectivity index (χ0) is 8.65. The van der Waals surface area contributed by atoms with Gasteiger partial charge in [0.15, 0.2) is 0 Å². The maximum absolute atomic E-state index is 5.56. The topological polar surface area (TPSA) is 9.23 Å². The molecule has 2 heteroatoms. The smallest absolute Gasteiger partial charge is 0.0755 e. The van der Waals surface area contributed by atoms with Gasteiger partial charge in [-0.05, 0) is 32.1 Å². The lowest BCUT2D eigenvalue weighted by atomic mass is 10.1. The molecular weight excluding hydrogens is 172 g/mol. The molecule has 1 saturated heterocycles. The van der Waals surface area contributed by atoms with Gasteiger partial charge in [-0.3, -0.25) is 0 Å². The van der Waals surface area contributed by atoms with E-state index in [0.717, 1.165) is 25.3 Å². The normalized spacial score (nSPS) is 24.9. The maximum atomic E-state index is 5.56. The molecule has 0 radical (unpaired) electrons. The van der Waals surface area contributed by atoms with Crippen LogP contribution in [0.4, 0.5) is 0 Å². The molecule has 0 aromatic rings. The Kier molecular flexibility index (Phi) is 5.46. The highest BCUT2D eigenvalue weighted by Crippen LogP contribution is 2.13. The molecule has 1 heterocycles. The van der Waals surface area contributed by atoms with Crippen molar-refractivity contribution in [3.63, 3.8) is 0 Å². The molecule has 0 saturated carbocycles. The Morgan fingerprint density at radius 1 is 1.42 bits per heavy atom. The number of alkyl halides is 1. The maximum Gasteiger partial charge on any atom is 0.0755 e. The number of ether oxygens (including phenoxy) is 1. The summed E-state index contributed by atoms with van der Waals surface area (Å²) in [4.78, 5) is 0. The highest BCUT2D eigenvalue weighted by molar-refractivity contribution is 6.17. The van der Waals surface area contributed by atoms with Gasteiger partial charge in [0, 0.05) is 12.5 Å². The van der Waals surface area contributed by atoms with Gasteiger partial charge in [0.2, 0.25) is 0 Å². The van der Waals surface area contributed by atoms with Crippen LogP contribution in [0.3, 0.4) is 0 Å². The first kappa shape index (κ1) is 10.1. The van der Waals surface area contributed by atoms with Crippen molar-refractivity contribution in [2.45, 2.75) is 38.2 Å². The van der Waals surface area contributed by atoms with Crippen LogP contribution >= 0.6 is 11.6 Å². The van der Waals surface area contributed by atoms with Crippen molar-refractivity contribution in [1.82, 2.24) is 0 Å². The Morgan fingerprint density at radius 2 is 2.33 bits per heavy atom. The van der Waals surface area contributed by atoms with Crippen molar-refractivity contribution in [2.75, 3.05) is 12.5 Å². The third-order valence-electron chi connectivity index (χ3n) is 2.07. The Morgan fingerprint density at radius 3 is 3.00 bits per heavy atom. The number of halogens is 1. The molecule has 1 nitrogen and oxygen atoms in total. The van der Waals surface area contributed by atoms with Crippen LogP contribution in [0, 0.1) is 0 Å². The van der Waals surface area contributed by atoms with Gasteiger partial charge < -0.3 is 4.74 Å². The summed E-state index contributed by atoms with van der Waals surface area (Å²) in [6.45, 7) is 0.935. The molecule has 70 valence electrons. The van der Waals surface area contributed by atoms with E-state index in [-0.39, 0.29) is 0 Å². The molecule has 1 rings (SSSR count). The van der Waals surface area contributed by atoms with E-state index in [9.17, 15) is 0 Å². The van der Waals surface area contributed by atoms with Crippen molar-refractivity contribution < 1.29 is 4.74 Å². The molecule has 12 heavy (non-hydrogen) atoms. The summed E-state index contributed by atoms with van der Waals surface area (Å²) in [5.41, 5.74) is 0. The van der Waals surface area contributed by atoms with Gasteiger partial charge >= 0.3 is 0 Å². The first-order valence-electron chi connectivity index (χ1n) is 4.77. The van der Waals surface area contributed by atoms with Gasteiger partial charge in [-0.2, -0.15) is 0 Å². The molecule has 0 bridgehead atoms. The van der Waals surface area contributed by atoms with Crippen LogP contribution in [0.25, 0.3) is 0 Å². The Hall–Kier alpha value is -0.0100. The second-order valence-corrected chi connectivity index (χ2v) is 3.54. The minimum absolute atomic E-state index is 0.383. The van der Waals surface area contributed by atoms with E-state index in [1.165, 1.54) is 19.3 Å². The summed E-state index contributed by atoms with van der Waals surface area (Å²) in [5, 5.41) is 0. The average molecular weight is 189 g/mol. The van der Waals surface area contributed by atoms with Gasteiger partial charge in [-0.15, -0.1) is 11.6 Å². The molecule has 0 N–H and O–H groups in total. The largest absolute Gasteiger partial charge is 0.374 e. The van der Waals surface area contributed by atoms with E-state index in [0.29, 0.717) is 6.10 Å². The summed E-state index contributed by atoms with van der Waals surface area (Å²) in [5.74, 6) is 0.760.